The summed E-state index contributed by atoms with van der Waals surface area (Å²) in [6, 6.07) is 0. The van der Waals surface area contributed by atoms with Crippen LogP contribution < -0.4 is 5.32 Å². The molecule has 0 aromatic carbocycles. The van der Waals surface area contributed by atoms with Crippen molar-refractivity contribution in [3.05, 3.63) is 11.8 Å². The first-order valence-electron chi connectivity index (χ1n) is 4.01. The largest absolute Gasteiger partial charge is 0.477 e. The van der Waals surface area contributed by atoms with Crippen LogP contribution in [0.4, 0.5) is 0 Å². The standard InChI is InChI=1S/C8H11NO4/c10-7(11)6(8(12)13)4-9-3-5-1-2-5/h4-5,9H,1-3H2,(H,10,11)(H,12,13). The highest BCUT2D eigenvalue weighted by Crippen LogP contribution is 2.27. The van der Waals surface area contributed by atoms with E-state index in [9.17, 15) is 9.59 Å². The van der Waals surface area contributed by atoms with Crippen LogP contribution in [0, 0.1) is 5.92 Å². The highest BCUT2D eigenvalue weighted by molar-refractivity contribution is 6.12. The average molecular weight is 185 g/mol. The first kappa shape index (κ1) is 9.57. The molecule has 72 valence electrons. The number of hydrogen-bond donors (Lipinski definition) is 3. The molecule has 0 radical (unpaired) electrons. The molecule has 0 aromatic rings. The van der Waals surface area contributed by atoms with Gasteiger partial charge >= 0.3 is 11.9 Å². The van der Waals surface area contributed by atoms with E-state index in [0.29, 0.717) is 12.5 Å². The van der Waals surface area contributed by atoms with Crippen LogP contribution in [0.5, 0.6) is 0 Å². The van der Waals surface area contributed by atoms with Gasteiger partial charge in [-0.25, -0.2) is 9.59 Å². The number of carboxylic acids is 2. The second-order valence-electron chi connectivity index (χ2n) is 3.02. The highest BCUT2D eigenvalue weighted by atomic mass is 16.4. The second-order valence-corrected chi connectivity index (χ2v) is 3.02. The molecule has 0 aromatic heterocycles. The van der Waals surface area contributed by atoms with Gasteiger partial charge in [-0.1, -0.05) is 0 Å². The van der Waals surface area contributed by atoms with Crippen LogP contribution in [-0.2, 0) is 9.59 Å². The molecule has 0 bridgehead atoms. The summed E-state index contributed by atoms with van der Waals surface area (Å²) in [5, 5.41) is 19.6. The van der Waals surface area contributed by atoms with Crippen molar-refractivity contribution in [3.63, 3.8) is 0 Å². The third kappa shape index (κ3) is 3.14. The number of rotatable bonds is 5. The normalized spacial score (nSPS) is 14.8. The molecule has 5 nitrogen and oxygen atoms in total. The van der Waals surface area contributed by atoms with Crippen molar-refractivity contribution in [1.29, 1.82) is 0 Å². The molecule has 0 heterocycles. The van der Waals surface area contributed by atoms with Gasteiger partial charge in [0.1, 0.15) is 0 Å². The molecule has 3 N–H and O–H groups in total. The number of nitrogens with one attached hydrogen (secondary N) is 1. The second kappa shape index (κ2) is 3.93. The topological polar surface area (TPSA) is 86.6 Å². The molecular formula is C8H11NO4. The van der Waals surface area contributed by atoms with Gasteiger partial charge in [-0.2, -0.15) is 0 Å². The van der Waals surface area contributed by atoms with Crippen molar-refractivity contribution in [3.8, 4) is 0 Å². The lowest BCUT2D eigenvalue weighted by atomic mass is 10.3. The van der Waals surface area contributed by atoms with Gasteiger partial charge in [0.2, 0.25) is 0 Å². The van der Waals surface area contributed by atoms with Crippen LogP contribution in [-0.4, -0.2) is 28.7 Å². The SMILES string of the molecule is O=C(O)C(=CNCC1CC1)C(=O)O. The Morgan fingerprint density at radius 3 is 2.23 bits per heavy atom. The molecule has 1 saturated carbocycles. The summed E-state index contributed by atoms with van der Waals surface area (Å²) in [5.41, 5.74) is -0.624. The predicted molar refractivity (Wildman–Crippen MR) is 44.1 cm³/mol. The molecule has 0 spiro atoms. The summed E-state index contributed by atoms with van der Waals surface area (Å²) in [5.74, 6) is -2.26. The lowest BCUT2D eigenvalue weighted by Gasteiger charge is -1.98. The lowest BCUT2D eigenvalue weighted by molar-refractivity contribution is -0.140. The molecule has 1 aliphatic rings. The van der Waals surface area contributed by atoms with E-state index >= 15 is 0 Å². The van der Waals surface area contributed by atoms with Crippen molar-refractivity contribution in [2.75, 3.05) is 6.54 Å². The summed E-state index contributed by atoms with van der Waals surface area (Å²) >= 11 is 0. The third-order valence-corrected chi connectivity index (χ3v) is 1.81. The van der Waals surface area contributed by atoms with Crippen LogP contribution in [0.3, 0.4) is 0 Å². The van der Waals surface area contributed by atoms with Crippen molar-refractivity contribution in [1.82, 2.24) is 5.32 Å². The zero-order valence-corrected chi connectivity index (χ0v) is 6.99. The fourth-order valence-electron chi connectivity index (χ4n) is 0.865. The van der Waals surface area contributed by atoms with Crippen LogP contribution in [0.2, 0.25) is 0 Å². The van der Waals surface area contributed by atoms with Gasteiger partial charge in [0.25, 0.3) is 0 Å². The van der Waals surface area contributed by atoms with Gasteiger partial charge in [0.05, 0.1) is 0 Å². The molecule has 1 fully saturated rings. The third-order valence-electron chi connectivity index (χ3n) is 1.81. The molecule has 0 amide bonds. The molecule has 0 atom stereocenters. The monoisotopic (exact) mass is 185 g/mol. The van der Waals surface area contributed by atoms with Crippen molar-refractivity contribution in [2.24, 2.45) is 5.92 Å². The van der Waals surface area contributed by atoms with Crippen LogP contribution in [0.25, 0.3) is 0 Å². The summed E-state index contributed by atoms with van der Waals surface area (Å²) in [6.07, 6.45) is 3.32. The number of hydrogen-bond acceptors (Lipinski definition) is 3. The van der Waals surface area contributed by atoms with E-state index in [0.717, 1.165) is 19.0 Å². The minimum Gasteiger partial charge on any atom is -0.477 e. The number of carbonyl (C=O) groups is 2. The first-order valence-corrected chi connectivity index (χ1v) is 4.01. The Balaban J connectivity index is 2.41. The summed E-state index contributed by atoms with van der Waals surface area (Å²) in [4.78, 5) is 20.7. The van der Waals surface area contributed by atoms with E-state index in [1.807, 2.05) is 0 Å². The molecule has 0 aliphatic heterocycles. The molecule has 0 unspecified atom stereocenters. The van der Waals surface area contributed by atoms with E-state index in [-0.39, 0.29) is 0 Å². The minimum absolute atomic E-state index is 0.583. The van der Waals surface area contributed by atoms with E-state index in [1.54, 1.807) is 0 Å². The van der Waals surface area contributed by atoms with E-state index in [4.69, 9.17) is 10.2 Å². The fraction of sp³-hybridized carbons (Fsp3) is 0.500. The Hall–Kier alpha value is -1.52. The fourth-order valence-corrected chi connectivity index (χ4v) is 0.865. The maximum absolute atomic E-state index is 10.3. The Morgan fingerprint density at radius 2 is 1.85 bits per heavy atom. The van der Waals surface area contributed by atoms with Gasteiger partial charge in [-0.15, -0.1) is 0 Å². The molecule has 1 rings (SSSR count). The highest BCUT2D eigenvalue weighted by Gasteiger charge is 2.21. The molecule has 1 aliphatic carbocycles. The van der Waals surface area contributed by atoms with E-state index in [2.05, 4.69) is 5.32 Å². The maximum Gasteiger partial charge on any atom is 0.344 e. The maximum atomic E-state index is 10.3. The van der Waals surface area contributed by atoms with Gasteiger partial charge in [0, 0.05) is 12.7 Å². The number of aliphatic carboxylic acids is 2. The van der Waals surface area contributed by atoms with Crippen molar-refractivity contribution in [2.45, 2.75) is 12.8 Å². The van der Waals surface area contributed by atoms with Crippen LogP contribution in [0.15, 0.2) is 11.8 Å². The number of carboxylic acid groups (broad SMARTS) is 2. The summed E-state index contributed by atoms with van der Waals surface area (Å²) in [6.45, 7) is 0.657. The van der Waals surface area contributed by atoms with Crippen LogP contribution in [0.1, 0.15) is 12.8 Å². The Morgan fingerprint density at radius 1 is 1.31 bits per heavy atom. The van der Waals surface area contributed by atoms with Gasteiger partial charge in [-0.3, -0.25) is 0 Å². The van der Waals surface area contributed by atoms with E-state index < -0.39 is 17.5 Å². The zero-order valence-electron chi connectivity index (χ0n) is 6.99. The van der Waals surface area contributed by atoms with E-state index in [1.165, 1.54) is 0 Å². The van der Waals surface area contributed by atoms with Gasteiger partial charge in [0.15, 0.2) is 5.57 Å². The average Bonchev–Trinajstić information content (AvgIpc) is 2.79. The van der Waals surface area contributed by atoms with Crippen molar-refractivity contribution < 1.29 is 19.8 Å². The van der Waals surface area contributed by atoms with Gasteiger partial charge < -0.3 is 15.5 Å². The Kier molecular flexibility index (Phi) is 2.89. The van der Waals surface area contributed by atoms with Crippen molar-refractivity contribution >= 4 is 11.9 Å². The zero-order chi connectivity index (χ0) is 9.84. The molecule has 5 heteroatoms. The molecular weight excluding hydrogens is 174 g/mol. The quantitative estimate of drug-likeness (QED) is 0.320. The minimum atomic E-state index is -1.42. The van der Waals surface area contributed by atoms with Gasteiger partial charge in [-0.05, 0) is 18.8 Å². The molecule has 0 saturated heterocycles. The molecule has 13 heavy (non-hydrogen) atoms. The summed E-state index contributed by atoms with van der Waals surface area (Å²) in [7, 11) is 0. The Bertz CT molecular complexity index is 239. The predicted octanol–water partition coefficient (Wildman–Crippen LogP) is 0.0391. The van der Waals surface area contributed by atoms with Crippen LogP contribution >= 0.6 is 0 Å². The summed E-state index contributed by atoms with van der Waals surface area (Å²) < 4.78 is 0. The lowest BCUT2D eigenvalue weighted by Crippen LogP contribution is -2.17. The first-order chi connectivity index (χ1) is 6.11. The smallest absolute Gasteiger partial charge is 0.344 e. The Labute approximate surface area is 75.1 Å².